The van der Waals surface area contributed by atoms with E-state index in [-0.39, 0.29) is 5.91 Å². The Morgan fingerprint density at radius 1 is 1.23 bits per heavy atom. The maximum Gasteiger partial charge on any atom is 0.224 e. The number of amides is 1. The summed E-state index contributed by atoms with van der Waals surface area (Å²) in [5, 5.41) is 4.75. The molecule has 6 nitrogen and oxygen atoms in total. The van der Waals surface area contributed by atoms with Crippen molar-refractivity contribution in [1.29, 1.82) is 0 Å². The molecule has 22 heavy (non-hydrogen) atoms. The Morgan fingerprint density at radius 2 is 2.05 bits per heavy atom. The smallest absolute Gasteiger partial charge is 0.224 e. The molecule has 2 aromatic rings. The first kappa shape index (κ1) is 14.8. The molecule has 0 saturated carbocycles. The molecule has 0 aromatic carbocycles. The molecule has 1 aliphatic rings. The number of aryl methyl sites for hydroxylation is 1. The molecule has 2 aromatic heterocycles. The molecule has 1 aliphatic heterocycles. The Balaban J connectivity index is 1.48. The zero-order chi connectivity index (χ0) is 15.4. The van der Waals surface area contributed by atoms with Gasteiger partial charge in [-0.2, -0.15) is 5.10 Å². The van der Waals surface area contributed by atoms with Gasteiger partial charge >= 0.3 is 0 Å². The van der Waals surface area contributed by atoms with Crippen LogP contribution in [0.15, 0.2) is 36.8 Å². The number of nitrogens with zero attached hydrogens (tertiary/aromatic N) is 5. The fourth-order valence-electron chi connectivity index (χ4n) is 2.54. The van der Waals surface area contributed by atoms with Crippen LogP contribution in [0.4, 0.5) is 5.82 Å². The lowest BCUT2D eigenvalue weighted by Crippen LogP contribution is -2.49. The summed E-state index contributed by atoms with van der Waals surface area (Å²) in [5.41, 5.74) is 0. The molecule has 0 spiro atoms. The van der Waals surface area contributed by atoms with Gasteiger partial charge < -0.3 is 9.80 Å². The van der Waals surface area contributed by atoms with Crippen LogP contribution in [-0.4, -0.2) is 51.8 Å². The topological polar surface area (TPSA) is 54.3 Å². The van der Waals surface area contributed by atoms with Crippen LogP contribution in [0.3, 0.4) is 0 Å². The van der Waals surface area contributed by atoms with Crippen molar-refractivity contribution in [2.24, 2.45) is 0 Å². The quantitative estimate of drug-likeness (QED) is 0.860. The van der Waals surface area contributed by atoms with Crippen molar-refractivity contribution in [1.82, 2.24) is 19.7 Å². The number of pyridine rings is 1. The highest BCUT2D eigenvalue weighted by molar-refractivity contribution is 6.30. The van der Waals surface area contributed by atoms with Gasteiger partial charge in [-0.25, -0.2) is 4.98 Å². The molecular formula is C15H18ClN5O. The van der Waals surface area contributed by atoms with Crippen molar-refractivity contribution in [3.8, 4) is 0 Å². The summed E-state index contributed by atoms with van der Waals surface area (Å²) >= 11 is 5.85. The Labute approximate surface area is 134 Å². The third-order valence-electron chi connectivity index (χ3n) is 3.78. The molecule has 0 atom stereocenters. The minimum Gasteiger partial charge on any atom is -0.353 e. The zero-order valence-electron chi connectivity index (χ0n) is 12.2. The Kier molecular flexibility index (Phi) is 4.58. The second-order valence-electron chi connectivity index (χ2n) is 5.22. The molecule has 1 amide bonds. The second-order valence-corrected chi connectivity index (χ2v) is 5.66. The van der Waals surface area contributed by atoms with E-state index in [0.29, 0.717) is 18.0 Å². The Bertz CT molecular complexity index is 605. The molecule has 3 heterocycles. The number of carbonyl (C=O) groups is 1. The Morgan fingerprint density at radius 3 is 2.68 bits per heavy atom. The van der Waals surface area contributed by atoms with Crippen LogP contribution in [-0.2, 0) is 11.3 Å². The lowest BCUT2D eigenvalue weighted by molar-refractivity contribution is -0.131. The van der Waals surface area contributed by atoms with Crippen LogP contribution in [0.5, 0.6) is 0 Å². The van der Waals surface area contributed by atoms with Crippen LogP contribution in [0.2, 0.25) is 5.02 Å². The summed E-state index contributed by atoms with van der Waals surface area (Å²) in [5.74, 6) is 1.09. The van der Waals surface area contributed by atoms with E-state index in [2.05, 4.69) is 15.0 Å². The number of rotatable bonds is 4. The van der Waals surface area contributed by atoms with Gasteiger partial charge in [0, 0.05) is 57.7 Å². The molecule has 0 radical (unpaired) electrons. The number of hydrogen-bond donors (Lipinski definition) is 0. The van der Waals surface area contributed by atoms with E-state index in [1.165, 1.54) is 0 Å². The maximum absolute atomic E-state index is 12.2. The first-order chi connectivity index (χ1) is 10.7. The summed E-state index contributed by atoms with van der Waals surface area (Å²) in [6.07, 6.45) is 5.74. The predicted molar refractivity (Wildman–Crippen MR) is 84.9 cm³/mol. The van der Waals surface area contributed by atoms with E-state index in [0.717, 1.165) is 32.0 Å². The lowest BCUT2D eigenvalue weighted by atomic mass is 10.2. The first-order valence-electron chi connectivity index (χ1n) is 7.34. The average Bonchev–Trinajstić information content (AvgIpc) is 3.07. The third-order valence-corrected chi connectivity index (χ3v) is 4.01. The van der Waals surface area contributed by atoms with Crippen LogP contribution in [0.25, 0.3) is 0 Å². The summed E-state index contributed by atoms with van der Waals surface area (Å²) < 4.78 is 1.78. The number of piperazine rings is 1. The molecular weight excluding hydrogens is 302 g/mol. The summed E-state index contributed by atoms with van der Waals surface area (Å²) in [6.45, 7) is 3.67. The SMILES string of the molecule is O=C(CCn1cccn1)N1CCN(c2ccc(Cl)cn2)CC1. The molecule has 1 fully saturated rings. The molecule has 0 N–H and O–H groups in total. The molecule has 116 valence electrons. The predicted octanol–water partition coefficient (Wildman–Crippen LogP) is 1.67. The third kappa shape index (κ3) is 3.57. The van der Waals surface area contributed by atoms with Gasteiger partial charge in [0.2, 0.25) is 5.91 Å². The van der Waals surface area contributed by atoms with Crippen molar-refractivity contribution in [3.05, 3.63) is 41.8 Å². The van der Waals surface area contributed by atoms with Crippen LogP contribution >= 0.6 is 11.6 Å². The van der Waals surface area contributed by atoms with Gasteiger partial charge in [-0.05, 0) is 18.2 Å². The van der Waals surface area contributed by atoms with Crippen LogP contribution in [0, 0.1) is 0 Å². The van der Waals surface area contributed by atoms with Crippen molar-refractivity contribution in [2.45, 2.75) is 13.0 Å². The summed E-state index contributed by atoms with van der Waals surface area (Å²) in [4.78, 5) is 20.6. The molecule has 7 heteroatoms. The Hall–Kier alpha value is -2.08. The molecule has 0 unspecified atom stereocenters. The number of hydrogen-bond acceptors (Lipinski definition) is 4. The van der Waals surface area contributed by atoms with Gasteiger partial charge in [0.15, 0.2) is 0 Å². The van der Waals surface area contributed by atoms with E-state index in [1.54, 1.807) is 17.1 Å². The number of anilines is 1. The first-order valence-corrected chi connectivity index (χ1v) is 7.72. The molecule has 0 aliphatic carbocycles. The second kappa shape index (κ2) is 6.79. The lowest BCUT2D eigenvalue weighted by Gasteiger charge is -2.35. The van der Waals surface area contributed by atoms with E-state index < -0.39 is 0 Å². The summed E-state index contributed by atoms with van der Waals surface area (Å²) in [7, 11) is 0. The van der Waals surface area contributed by atoms with Crippen molar-refractivity contribution in [2.75, 3.05) is 31.1 Å². The van der Waals surface area contributed by atoms with Crippen molar-refractivity contribution in [3.63, 3.8) is 0 Å². The molecule has 3 rings (SSSR count). The van der Waals surface area contributed by atoms with Gasteiger partial charge in [0.25, 0.3) is 0 Å². The maximum atomic E-state index is 12.2. The van der Waals surface area contributed by atoms with Crippen LogP contribution < -0.4 is 4.90 Å². The molecule has 0 bridgehead atoms. The van der Waals surface area contributed by atoms with Crippen molar-refractivity contribution >= 4 is 23.3 Å². The fourth-order valence-corrected chi connectivity index (χ4v) is 2.65. The normalized spacial score (nSPS) is 15.1. The van der Waals surface area contributed by atoms with E-state index in [4.69, 9.17) is 11.6 Å². The van der Waals surface area contributed by atoms with Crippen molar-refractivity contribution < 1.29 is 4.79 Å². The standard InChI is InChI=1S/C15H18ClN5O/c16-13-2-3-14(17-12-13)19-8-10-20(11-9-19)15(22)4-7-21-6-1-5-18-21/h1-3,5-6,12H,4,7-11H2. The van der Waals surface area contributed by atoms with E-state index in [1.807, 2.05) is 29.3 Å². The van der Waals surface area contributed by atoms with Gasteiger partial charge in [-0.3, -0.25) is 9.48 Å². The van der Waals surface area contributed by atoms with Gasteiger partial charge in [0.05, 0.1) is 5.02 Å². The zero-order valence-corrected chi connectivity index (χ0v) is 13.0. The van der Waals surface area contributed by atoms with Gasteiger partial charge in [-0.1, -0.05) is 11.6 Å². The summed E-state index contributed by atoms with van der Waals surface area (Å²) in [6, 6.07) is 5.62. The van der Waals surface area contributed by atoms with E-state index in [9.17, 15) is 4.79 Å². The number of halogens is 1. The fraction of sp³-hybridized carbons (Fsp3) is 0.400. The highest BCUT2D eigenvalue weighted by Crippen LogP contribution is 2.16. The number of aromatic nitrogens is 3. The highest BCUT2D eigenvalue weighted by Gasteiger charge is 2.21. The largest absolute Gasteiger partial charge is 0.353 e. The van der Waals surface area contributed by atoms with Crippen LogP contribution in [0.1, 0.15) is 6.42 Å². The number of carbonyl (C=O) groups excluding carboxylic acids is 1. The minimum atomic E-state index is 0.180. The molecule has 1 saturated heterocycles. The monoisotopic (exact) mass is 319 g/mol. The van der Waals surface area contributed by atoms with E-state index >= 15 is 0 Å². The van der Waals surface area contributed by atoms with Gasteiger partial charge in [-0.15, -0.1) is 0 Å². The van der Waals surface area contributed by atoms with Gasteiger partial charge in [0.1, 0.15) is 5.82 Å². The average molecular weight is 320 g/mol. The minimum absolute atomic E-state index is 0.180. The highest BCUT2D eigenvalue weighted by atomic mass is 35.5.